The van der Waals surface area contributed by atoms with E-state index in [9.17, 15) is 19.8 Å². The number of allylic oxidation sites excluding steroid dienone is 1. The zero-order valence-electron chi connectivity index (χ0n) is 26.0. The van der Waals surface area contributed by atoms with E-state index in [1.807, 2.05) is 9.36 Å². The van der Waals surface area contributed by atoms with Gasteiger partial charge in [-0.05, 0) is 108 Å². The fraction of sp³-hybridized carbons (Fsp3) is 0.879. The molecule has 0 unspecified atom stereocenters. The summed E-state index contributed by atoms with van der Waals surface area (Å²) < 4.78 is 5.11. The third-order valence-corrected chi connectivity index (χ3v) is 15.1. The summed E-state index contributed by atoms with van der Waals surface area (Å²) in [6.07, 6.45) is 8.25. The number of hydrogen-bond acceptors (Lipinski definition) is 4. The largest absolute Gasteiger partial charge is 0.395 e. The van der Waals surface area contributed by atoms with Gasteiger partial charge in [0.05, 0.1) is 24.3 Å². The Morgan fingerprint density at radius 2 is 1.57 bits per heavy atom. The molecule has 5 aliphatic carbocycles. The van der Waals surface area contributed by atoms with Gasteiger partial charge in [-0.1, -0.05) is 48.5 Å². The Labute approximate surface area is 238 Å². The van der Waals surface area contributed by atoms with Crippen LogP contribution in [-0.2, 0) is 12.6 Å². The van der Waals surface area contributed by atoms with Crippen LogP contribution in [0.3, 0.4) is 0 Å². The maximum Gasteiger partial charge on any atom is 0.347 e. The van der Waals surface area contributed by atoms with Crippen molar-refractivity contribution in [2.24, 2.45) is 51.9 Å². The Kier molecular flexibility index (Phi) is 5.22. The predicted molar refractivity (Wildman–Crippen MR) is 155 cm³/mol. The molecule has 0 aromatic carbocycles. The van der Waals surface area contributed by atoms with Crippen molar-refractivity contribution in [3.05, 3.63) is 32.1 Å². The summed E-state index contributed by atoms with van der Waals surface area (Å²) in [5.41, 5.74) is 1.26. The Hall–Kier alpha value is -1.60. The van der Waals surface area contributed by atoms with Gasteiger partial charge in [-0.25, -0.2) is 23.5 Å². The molecule has 4 fully saturated rings. The van der Waals surface area contributed by atoms with Crippen LogP contribution in [0.2, 0.25) is 0 Å². The van der Waals surface area contributed by atoms with Crippen molar-refractivity contribution >= 4 is 0 Å². The Bertz CT molecular complexity index is 1450. The minimum absolute atomic E-state index is 0.0449. The van der Waals surface area contributed by atoms with Gasteiger partial charge in [0.25, 0.3) is 0 Å². The van der Waals surface area contributed by atoms with Crippen LogP contribution in [-0.4, -0.2) is 36.9 Å². The topological polar surface area (TPSA) is 89.4 Å². The van der Waals surface area contributed by atoms with Crippen LogP contribution in [0.1, 0.15) is 112 Å². The first-order valence-corrected chi connectivity index (χ1v) is 16.0. The van der Waals surface area contributed by atoms with E-state index in [0.29, 0.717) is 11.8 Å². The summed E-state index contributed by atoms with van der Waals surface area (Å²) in [6, 6.07) is -0.166. The monoisotopic (exact) mass is 553 g/mol. The minimum atomic E-state index is -0.574. The molecule has 1 aromatic heterocycles. The lowest BCUT2D eigenvalue weighted by atomic mass is 9.33. The molecule has 2 N–H and O–H groups in total. The summed E-state index contributed by atoms with van der Waals surface area (Å²) in [7, 11) is 1.64. The molecule has 0 radical (unpaired) electrons. The van der Waals surface area contributed by atoms with Gasteiger partial charge in [0.1, 0.15) is 0 Å². The van der Waals surface area contributed by atoms with Gasteiger partial charge in [0.2, 0.25) is 0 Å². The van der Waals surface area contributed by atoms with E-state index >= 15 is 0 Å². The third-order valence-electron chi connectivity index (χ3n) is 15.1. The average molecular weight is 554 g/mol. The van der Waals surface area contributed by atoms with Crippen molar-refractivity contribution in [1.29, 1.82) is 0 Å². The van der Waals surface area contributed by atoms with Crippen molar-refractivity contribution in [2.75, 3.05) is 6.61 Å². The summed E-state index contributed by atoms with van der Waals surface area (Å²) in [5.74, 6) is 0.909. The predicted octanol–water partition coefficient (Wildman–Crippen LogP) is 4.75. The smallest absolute Gasteiger partial charge is 0.347 e. The molecule has 1 aliphatic heterocycles. The van der Waals surface area contributed by atoms with Gasteiger partial charge in [0.15, 0.2) is 0 Å². The van der Waals surface area contributed by atoms with E-state index < -0.39 is 5.54 Å². The highest BCUT2D eigenvalue weighted by atomic mass is 16.3. The van der Waals surface area contributed by atoms with Crippen LogP contribution in [0.5, 0.6) is 0 Å². The molecule has 7 nitrogen and oxygen atoms in total. The van der Waals surface area contributed by atoms with Gasteiger partial charge < -0.3 is 10.2 Å². The lowest BCUT2D eigenvalue weighted by Gasteiger charge is -2.72. The van der Waals surface area contributed by atoms with Crippen molar-refractivity contribution < 1.29 is 10.2 Å². The quantitative estimate of drug-likeness (QED) is 0.518. The molecule has 40 heavy (non-hydrogen) atoms. The van der Waals surface area contributed by atoms with Crippen LogP contribution >= 0.6 is 0 Å². The lowest BCUT2D eigenvalue weighted by Crippen LogP contribution is -2.67. The molecular formula is C33H51N3O4. The Morgan fingerprint density at radius 1 is 0.900 bits per heavy atom. The Balaban J connectivity index is 1.55. The number of aliphatic hydroxyl groups is 2. The van der Waals surface area contributed by atoms with Crippen molar-refractivity contribution in [2.45, 2.75) is 124 Å². The van der Waals surface area contributed by atoms with Crippen LogP contribution < -0.4 is 11.4 Å². The molecule has 1 aromatic rings. The molecule has 0 spiro atoms. The SMILES string of the molecule is CC(C)[C@@]12CC[C@]3(CO)CC[C@]4(C)C(=C31)[C@H](C[C@@H]1[C@@]3(C)CC[C@H](O)C(C)(C)[C@@H]3CC[C@]14C)n1c(=O)n(C)c(=O)n12. The molecular weight excluding hydrogens is 502 g/mol. The van der Waals surface area contributed by atoms with E-state index in [-0.39, 0.29) is 63.1 Å². The summed E-state index contributed by atoms with van der Waals surface area (Å²) in [6.45, 7) is 16.6. The van der Waals surface area contributed by atoms with Gasteiger partial charge in [-0.2, -0.15) is 0 Å². The fourth-order valence-electron chi connectivity index (χ4n) is 12.7. The van der Waals surface area contributed by atoms with E-state index in [0.717, 1.165) is 57.8 Å². The molecule has 0 bridgehead atoms. The van der Waals surface area contributed by atoms with Crippen LogP contribution in [0, 0.1) is 44.8 Å². The lowest BCUT2D eigenvalue weighted by molar-refractivity contribution is -0.211. The first-order chi connectivity index (χ1) is 18.6. The minimum Gasteiger partial charge on any atom is -0.395 e. The maximum absolute atomic E-state index is 14.1. The number of fused-ring (bicyclic) bond motifs is 7. The second-order valence-corrected chi connectivity index (χ2v) is 16.6. The molecule has 7 heteroatoms. The first kappa shape index (κ1) is 27.2. The Morgan fingerprint density at radius 3 is 2.23 bits per heavy atom. The van der Waals surface area contributed by atoms with E-state index in [1.54, 1.807) is 7.05 Å². The molecule has 2 heterocycles. The molecule has 6 aliphatic rings. The number of rotatable bonds is 2. The molecule has 4 saturated carbocycles. The van der Waals surface area contributed by atoms with Crippen molar-refractivity contribution in [1.82, 2.24) is 13.9 Å². The highest BCUT2D eigenvalue weighted by molar-refractivity contribution is 5.48. The number of aromatic nitrogens is 3. The fourth-order valence-corrected chi connectivity index (χ4v) is 12.7. The molecule has 7 rings (SSSR count). The highest BCUT2D eigenvalue weighted by Gasteiger charge is 2.73. The van der Waals surface area contributed by atoms with Crippen molar-refractivity contribution in [3.63, 3.8) is 0 Å². The molecule has 9 atom stereocenters. The van der Waals surface area contributed by atoms with E-state index in [2.05, 4.69) is 48.5 Å². The number of nitrogens with zero attached hydrogens (tertiary/aromatic N) is 3. The molecule has 0 saturated heterocycles. The first-order valence-electron chi connectivity index (χ1n) is 16.0. The maximum atomic E-state index is 14.1. The van der Waals surface area contributed by atoms with Gasteiger partial charge in [-0.15, -0.1) is 0 Å². The zero-order chi connectivity index (χ0) is 29.0. The zero-order valence-corrected chi connectivity index (χ0v) is 26.0. The normalized spacial score (nSPS) is 48.5. The molecule has 0 amide bonds. The van der Waals surface area contributed by atoms with Crippen LogP contribution in [0.4, 0.5) is 0 Å². The van der Waals surface area contributed by atoms with Crippen molar-refractivity contribution in [3.8, 4) is 0 Å². The standard InChI is InChI=1S/C33H51N3O4/c1-19(2)33-16-15-32(18-37)14-13-31(7)24(25(32)33)20(35-26(39)34(8)27(40)36(33)35)17-22-29(5)11-10-23(38)28(3,4)21(29)9-12-30(22,31)6/h19-23,37-38H,9-18H2,1-8H3/t20-,21-,22+,23-,29-,30+,31+,32-,33-/m0/s1. The van der Waals surface area contributed by atoms with Crippen LogP contribution in [0.25, 0.3) is 0 Å². The summed E-state index contributed by atoms with van der Waals surface area (Å²) in [5, 5.41) is 22.2. The third kappa shape index (κ3) is 2.60. The molecule has 222 valence electrons. The van der Waals surface area contributed by atoms with Crippen LogP contribution in [0.15, 0.2) is 20.7 Å². The second kappa shape index (κ2) is 7.67. The summed E-state index contributed by atoms with van der Waals surface area (Å²) >= 11 is 0. The van der Waals surface area contributed by atoms with Gasteiger partial charge in [0, 0.05) is 12.5 Å². The summed E-state index contributed by atoms with van der Waals surface area (Å²) in [4.78, 5) is 28.0. The second-order valence-electron chi connectivity index (χ2n) is 16.6. The highest BCUT2D eigenvalue weighted by Crippen LogP contribution is 2.78. The number of aliphatic hydroxyl groups excluding tert-OH is 2. The van der Waals surface area contributed by atoms with E-state index in [4.69, 9.17) is 0 Å². The van der Waals surface area contributed by atoms with E-state index in [1.165, 1.54) is 15.7 Å². The average Bonchev–Trinajstić information content (AvgIpc) is 3.37. The van der Waals surface area contributed by atoms with Gasteiger partial charge >= 0.3 is 11.4 Å². The number of hydrogen-bond donors (Lipinski definition) is 2. The van der Waals surface area contributed by atoms with Gasteiger partial charge in [-0.3, -0.25) is 0 Å².